The minimum atomic E-state index is -0.432. The van der Waals surface area contributed by atoms with E-state index < -0.39 is 5.97 Å². The van der Waals surface area contributed by atoms with E-state index in [1.54, 1.807) is 6.08 Å². The fourth-order valence-electron chi connectivity index (χ4n) is 3.24. The van der Waals surface area contributed by atoms with Crippen LogP contribution < -0.4 is 9.47 Å². The number of aromatic nitrogens is 2. The van der Waals surface area contributed by atoms with E-state index in [4.69, 9.17) is 14.2 Å². The lowest BCUT2D eigenvalue weighted by Crippen LogP contribution is -2.34. The van der Waals surface area contributed by atoms with Crippen molar-refractivity contribution in [1.82, 2.24) is 9.78 Å². The molecule has 6 heteroatoms. The molecule has 148 valence electrons. The van der Waals surface area contributed by atoms with Gasteiger partial charge in [-0.1, -0.05) is 30.3 Å². The summed E-state index contributed by atoms with van der Waals surface area (Å²) in [5, 5.41) is 4.58. The zero-order valence-corrected chi connectivity index (χ0v) is 16.4. The molecule has 2 aromatic carbocycles. The Labute approximate surface area is 169 Å². The van der Waals surface area contributed by atoms with Crippen molar-refractivity contribution < 1.29 is 19.0 Å². The normalized spacial score (nSPS) is 15.4. The van der Waals surface area contributed by atoms with Gasteiger partial charge in [0.15, 0.2) is 17.6 Å². The van der Waals surface area contributed by atoms with Gasteiger partial charge >= 0.3 is 5.97 Å². The predicted molar refractivity (Wildman–Crippen MR) is 109 cm³/mol. The van der Waals surface area contributed by atoms with E-state index in [9.17, 15) is 4.79 Å². The van der Waals surface area contributed by atoms with Crippen LogP contribution in [0.1, 0.15) is 17.0 Å². The second kappa shape index (κ2) is 8.22. The molecular formula is C23H22N2O4. The molecule has 0 aliphatic carbocycles. The SMILES string of the molecule is Cc1nn(-c2ccccc2)c(C)c1/C=C/C(=O)OCC1COc2ccccc2O1. The number of carbonyl (C=O) groups is 1. The predicted octanol–water partition coefficient (Wildman–Crippen LogP) is 3.89. The van der Waals surface area contributed by atoms with Gasteiger partial charge in [-0.25, -0.2) is 9.48 Å². The average Bonchev–Trinajstić information content (AvgIpc) is 3.04. The number of aryl methyl sites for hydroxylation is 1. The van der Waals surface area contributed by atoms with Gasteiger partial charge in [0.25, 0.3) is 0 Å². The second-order valence-electron chi connectivity index (χ2n) is 6.79. The van der Waals surface area contributed by atoms with Crippen LogP contribution in [-0.4, -0.2) is 35.1 Å². The van der Waals surface area contributed by atoms with E-state index in [2.05, 4.69) is 5.10 Å². The summed E-state index contributed by atoms with van der Waals surface area (Å²) in [5.41, 5.74) is 3.68. The number of esters is 1. The highest BCUT2D eigenvalue weighted by Gasteiger charge is 2.21. The molecule has 0 N–H and O–H groups in total. The maximum atomic E-state index is 12.2. The van der Waals surface area contributed by atoms with Crippen LogP contribution in [0.2, 0.25) is 0 Å². The van der Waals surface area contributed by atoms with Gasteiger partial charge in [-0.3, -0.25) is 0 Å². The second-order valence-corrected chi connectivity index (χ2v) is 6.79. The van der Waals surface area contributed by atoms with Crippen LogP contribution in [0.3, 0.4) is 0 Å². The summed E-state index contributed by atoms with van der Waals surface area (Å²) in [7, 11) is 0. The zero-order chi connectivity index (χ0) is 20.2. The lowest BCUT2D eigenvalue weighted by molar-refractivity contribution is -0.140. The largest absolute Gasteiger partial charge is 0.486 e. The first kappa shape index (κ1) is 18.8. The van der Waals surface area contributed by atoms with E-state index in [-0.39, 0.29) is 12.7 Å². The van der Waals surface area contributed by atoms with Crippen LogP contribution >= 0.6 is 0 Å². The topological polar surface area (TPSA) is 62.6 Å². The van der Waals surface area contributed by atoms with E-state index in [0.717, 1.165) is 22.6 Å². The third-order valence-electron chi connectivity index (χ3n) is 4.71. The number of rotatable bonds is 5. The highest BCUT2D eigenvalue weighted by Crippen LogP contribution is 2.30. The summed E-state index contributed by atoms with van der Waals surface area (Å²) in [6, 6.07) is 17.3. The molecule has 1 aliphatic heterocycles. The first-order valence-electron chi connectivity index (χ1n) is 9.47. The van der Waals surface area contributed by atoms with E-state index >= 15 is 0 Å². The molecule has 1 unspecified atom stereocenters. The van der Waals surface area contributed by atoms with E-state index in [0.29, 0.717) is 18.1 Å². The van der Waals surface area contributed by atoms with Crippen LogP contribution in [0.5, 0.6) is 11.5 Å². The number of fused-ring (bicyclic) bond motifs is 1. The van der Waals surface area contributed by atoms with Crippen molar-refractivity contribution in [2.45, 2.75) is 20.0 Å². The number of carbonyl (C=O) groups excluding carboxylic acids is 1. The van der Waals surface area contributed by atoms with Gasteiger partial charge in [0, 0.05) is 17.3 Å². The van der Waals surface area contributed by atoms with Gasteiger partial charge in [-0.05, 0) is 44.2 Å². The van der Waals surface area contributed by atoms with Crippen molar-refractivity contribution in [3.05, 3.63) is 77.6 Å². The molecule has 0 amide bonds. The molecule has 0 spiro atoms. The Balaban J connectivity index is 1.37. The molecule has 0 radical (unpaired) electrons. The maximum absolute atomic E-state index is 12.2. The number of benzene rings is 2. The van der Waals surface area contributed by atoms with Crippen LogP contribution in [0.4, 0.5) is 0 Å². The third-order valence-corrected chi connectivity index (χ3v) is 4.71. The molecule has 1 atom stereocenters. The lowest BCUT2D eigenvalue weighted by Gasteiger charge is -2.25. The zero-order valence-electron chi connectivity index (χ0n) is 16.4. The highest BCUT2D eigenvalue weighted by atomic mass is 16.6. The summed E-state index contributed by atoms with van der Waals surface area (Å²) >= 11 is 0. The monoisotopic (exact) mass is 390 g/mol. The van der Waals surface area contributed by atoms with Crippen molar-refractivity contribution in [2.24, 2.45) is 0 Å². The van der Waals surface area contributed by atoms with Crippen molar-refractivity contribution >= 4 is 12.0 Å². The molecule has 2 heterocycles. The number of ether oxygens (including phenoxy) is 3. The first-order valence-corrected chi connectivity index (χ1v) is 9.47. The van der Waals surface area contributed by atoms with Crippen LogP contribution in [0.25, 0.3) is 11.8 Å². The molecule has 1 aromatic heterocycles. The summed E-state index contributed by atoms with van der Waals surface area (Å²) in [6.45, 7) is 4.36. The number of hydrogen-bond donors (Lipinski definition) is 0. The minimum absolute atomic E-state index is 0.124. The van der Waals surface area contributed by atoms with Gasteiger partial charge in [-0.15, -0.1) is 0 Å². The van der Waals surface area contributed by atoms with Crippen LogP contribution in [0.15, 0.2) is 60.7 Å². The van der Waals surface area contributed by atoms with E-state index in [1.807, 2.05) is 73.1 Å². The molecule has 6 nitrogen and oxygen atoms in total. The molecule has 3 aromatic rings. The van der Waals surface area contributed by atoms with Crippen molar-refractivity contribution in [1.29, 1.82) is 0 Å². The fourth-order valence-corrected chi connectivity index (χ4v) is 3.24. The lowest BCUT2D eigenvalue weighted by atomic mass is 10.2. The first-order chi connectivity index (χ1) is 14.1. The minimum Gasteiger partial charge on any atom is -0.486 e. The number of nitrogens with zero attached hydrogens (tertiary/aromatic N) is 2. The summed E-state index contributed by atoms with van der Waals surface area (Å²) in [6.07, 6.45) is 2.84. The Morgan fingerprint density at radius 1 is 1.14 bits per heavy atom. The molecule has 0 fully saturated rings. The third kappa shape index (κ3) is 4.16. The smallest absolute Gasteiger partial charge is 0.330 e. The Morgan fingerprint density at radius 2 is 1.86 bits per heavy atom. The summed E-state index contributed by atoms with van der Waals surface area (Å²) in [4.78, 5) is 12.2. The fraction of sp³-hybridized carbons (Fsp3) is 0.217. The molecular weight excluding hydrogens is 368 g/mol. The Morgan fingerprint density at radius 3 is 2.66 bits per heavy atom. The number of hydrogen-bond acceptors (Lipinski definition) is 5. The summed E-state index contributed by atoms with van der Waals surface area (Å²) in [5.74, 6) is 0.935. The molecule has 0 saturated carbocycles. The van der Waals surface area contributed by atoms with Gasteiger partial charge in [0.05, 0.1) is 11.4 Å². The van der Waals surface area contributed by atoms with Gasteiger partial charge < -0.3 is 14.2 Å². The standard InChI is InChI=1S/C23H22N2O4/c1-16-20(17(2)25(24-16)18-8-4-3-5-9-18)12-13-23(26)28-15-19-14-27-21-10-6-7-11-22(21)29-19/h3-13,19H,14-15H2,1-2H3/b13-12+. The Kier molecular flexibility index (Phi) is 5.33. The van der Waals surface area contributed by atoms with Gasteiger partial charge in [-0.2, -0.15) is 5.10 Å². The molecule has 29 heavy (non-hydrogen) atoms. The quantitative estimate of drug-likeness (QED) is 0.489. The molecule has 0 saturated heterocycles. The maximum Gasteiger partial charge on any atom is 0.330 e. The average molecular weight is 390 g/mol. The van der Waals surface area contributed by atoms with Crippen molar-refractivity contribution in [3.63, 3.8) is 0 Å². The van der Waals surface area contributed by atoms with E-state index in [1.165, 1.54) is 6.08 Å². The number of para-hydroxylation sites is 3. The molecule has 0 bridgehead atoms. The van der Waals surface area contributed by atoms with Crippen molar-refractivity contribution in [2.75, 3.05) is 13.2 Å². The highest BCUT2D eigenvalue weighted by molar-refractivity contribution is 5.87. The molecule has 4 rings (SSSR count). The van der Waals surface area contributed by atoms with Crippen LogP contribution in [0, 0.1) is 13.8 Å². The Bertz CT molecular complexity index is 1040. The van der Waals surface area contributed by atoms with Crippen molar-refractivity contribution in [3.8, 4) is 17.2 Å². The summed E-state index contributed by atoms with van der Waals surface area (Å²) < 4.78 is 18.6. The molecule has 1 aliphatic rings. The van der Waals surface area contributed by atoms with Crippen LogP contribution in [-0.2, 0) is 9.53 Å². The van der Waals surface area contributed by atoms with Gasteiger partial charge in [0.2, 0.25) is 0 Å². The van der Waals surface area contributed by atoms with Gasteiger partial charge in [0.1, 0.15) is 13.2 Å². The Hall–Kier alpha value is -3.54.